The van der Waals surface area contributed by atoms with Gasteiger partial charge < -0.3 is 10.2 Å². The molecule has 9 heteroatoms. The zero-order valence-corrected chi connectivity index (χ0v) is 22.7. The van der Waals surface area contributed by atoms with E-state index in [1.807, 2.05) is 74.5 Å². The van der Waals surface area contributed by atoms with Crippen molar-refractivity contribution in [1.82, 2.24) is 10.2 Å². The van der Waals surface area contributed by atoms with Gasteiger partial charge in [-0.05, 0) is 35.2 Å². The lowest BCUT2D eigenvalue weighted by Gasteiger charge is -2.33. The van der Waals surface area contributed by atoms with Crippen LogP contribution in [0, 0.1) is 11.7 Å². The van der Waals surface area contributed by atoms with E-state index in [2.05, 4.69) is 5.32 Å². The van der Waals surface area contributed by atoms with Gasteiger partial charge in [-0.2, -0.15) is 0 Å². The number of benzene rings is 3. The first-order valence-electron chi connectivity index (χ1n) is 12.4. The Labute approximate surface area is 224 Å². The number of sulfonamides is 1. The monoisotopic (exact) mass is 539 g/mol. The molecular formula is C29H34FN3O4S. The number of hydrogen-bond donors (Lipinski definition) is 1. The predicted octanol–water partition coefficient (Wildman–Crippen LogP) is 4.00. The van der Waals surface area contributed by atoms with E-state index in [0.29, 0.717) is 6.54 Å². The Balaban J connectivity index is 2.02. The van der Waals surface area contributed by atoms with Crippen molar-refractivity contribution in [3.05, 3.63) is 102 Å². The molecule has 0 bridgehead atoms. The van der Waals surface area contributed by atoms with Crippen molar-refractivity contribution in [3.63, 3.8) is 0 Å². The molecule has 0 heterocycles. The molecule has 0 spiro atoms. The quantitative estimate of drug-likeness (QED) is 0.377. The largest absolute Gasteiger partial charge is 0.354 e. The van der Waals surface area contributed by atoms with E-state index < -0.39 is 34.3 Å². The molecule has 0 aliphatic heterocycles. The van der Waals surface area contributed by atoms with Crippen LogP contribution in [-0.4, -0.2) is 50.5 Å². The number of amides is 2. The normalized spacial score (nSPS) is 12.1. The van der Waals surface area contributed by atoms with E-state index in [-0.39, 0.29) is 30.5 Å². The topological polar surface area (TPSA) is 86.8 Å². The van der Waals surface area contributed by atoms with Gasteiger partial charge in [0.2, 0.25) is 21.8 Å². The van der Waals surface area contributed by atoms with Gasteiger partial charge in [0.25, 0.3) is 0 Å². The van der Waals surface area contributed by atoms with Crippen LogP contribution in [0.1, 0.15) is 25.0 Å². The van der Waals surface area contributed by atoms with Crippen molar-refractivity contribution in [2.24, 2.45) is 5.92 Å². The molecule has 2 amide bonds. The number of nitrogens with zero attached hydrogens (tertiary/aromatic N) is 2. The van der Waals surface area contributed by atoms with Crippen molar-refractivity contribution < 1.29 is 22.4 Å². The minimum Gasteiger partial charge on any atom is -0.354 e. The van der Waals surface area contributed by atoms with E-state index in [9.17, 15) is 22.4 Å². The van der Waals surface area contributed by atoms with Gasteiger partial charge in [-0.15, -0.1) is 0 Å². The van der Waals surface area contributed by atoms with Crippen LogP contribution >= 0.6 is 0 Å². The highest BCUT2D eigenvalue weighted by atomic mass is 32.2. The van der Waals surface area contributed by atoms with Crippen LogP contribution in [0.3, 0.4) is 0 Å². The highest BCUT2D eigenvalue weighted by Crippen LogP contribution is 2.21. The van der Waals surface area contributed by atoms with Gasteiger partial charge in [-0.25, -0.2) is 12.8 Å². The Hall–Kier alpha value is -3.72. The molecule has 0 saturated heterocycles. The maximum atomic E-state index is 14.0. The first kappa shape index (κ1) is 28.8. The van der Waals surface area contributed by atoms with Crippen molar-refractivity contribution in [3.8, 4) is 0 Å². The summed E-state index contributed by atoms with van der Waals surface area (Å²) in [6, 6.07) is 22.7. The number of carbonyl (C=O) groups excluding carboxylic acids is 2. The molecule has 202 valence electrons. The zero-order chi connectivity index (χ0) is 27.7. The second kappa shape index (κ2) is 13.2. The third-order valence-corrected chi connectivity index (χ3v) is 7.07. The maximum Gasteiger partial charge on any atom is 0.244 e. The Morgan fingerprint density at radius 1 is 0.895 bits per heavy atom. The minimum atomic E-state index is -3.94. The van der Waals surface area contributed by atoms with Crippen molar-refractivity contribution in [2.45, 2.75) is 32.9 Å². The summed E-state index contributed by atoms with van der Waals surface area (Å²) in [5, 5.41) is 2.93. The van der Waals surface area contributed by atoms with Gasteiger partial charge in [-0.3, -0.25) is 13.9 Å². The van der Waals surface area contributed by atoms with E-state index in [4.69, 9.17) is 0 Å². The van der Waals surface area contributed by atoms with E-state index in [1.54, 1.807) is 0 Å². The molecule has 0 radical (unpaired) electrons. The number of halogens is 1. The molecule has 0 unspecified atom stereocenters. The Kier molecular flexibility index (Phi) is 10.0. The average molecular weight is 540 g/mol. The lowest BCUT2D eigenvalue weighted by Crippen LogP contribution is -2.53. The van der Waals surface area contributed by atoms with Gasteiger partial charge in [0.15, 0.2) is 0 Å². The van der Waals surface area contributed by atoms with Crippen LogP contribution in [0.4, 0.5) is 10.1 Å². The first-order valence-corrected chi connectivity index (χ1v) is 14.3. The van der Waals surface area contributed by atoms with Crippen LogP contribution in [-0.2, 0) is 32.6 Å². The summed E-state index contributed by atoms with van der Waals surface area (Å²) >= 11 is 0. The van der Waals surface area contributed by atoms with Gasteiger partial charge >= 0.3 is 0 Å². The smallest absolute Gasteiger partial charge is 0.244 e. The lowest BCUT2D eigenvalue weighted by molar-refractivity contribution is -0.140. The van der Waals surface area contributed by atoms with Gasteiger partial charge in [0, 0.05) is 19.5 Å². The molecule has 0 aliphatic carbocycles. The Morgan fingerprint density at radius 2 is 1.50 bits per heavy atom. The number of carbonyl (C=O) groups is 2. The molecular weight excluding hydrogens is 505 g/mol. The molecule has 38 heavy (non-hydrogen) atoms. The van der Waals surface area contributed by atoms with Crippen LogP contribution in [0.25, 0.3) is 0 Å². The lowest BCUT2D eigenvalue weighted by atomic mass is 10.0. The second-order valence-electron chi connectivity index (χ2n) is 9.60. The molecule has 0 aromatic heterocycles. The van der Waals surface area contributed by atoms with Gasteiger partial charge in [-0.1, -0.05) is 80.6 Å². The van der Waals surface area contributed by atoms with Gasteiger partial charge in [0.1, 0.15) is 18.4 Å². The second-order valence-corrected chi connectivity index (χ2v) is 11.5. The molecule has 1 N–H and O–H groups in total. The zero-order valence-electron chi connectivity index (χ0n) is 21.9. The SMILES string of the molecule is CC(C)CNC(=O)[C@@H](Cc1ccccc1)N(Cc1ccccc1)C(=O)CN(c1cccc(F)c1)S(C)(=O)=O. The fourth-order valence-electron chi connectivity index (χ4n) is 4.00. The average Bonchev–Trinajstić information content (AvgIpc) is 2.88. The summed E-state index contributed by atoms with van der Waals surface area (Å²) in [6.07, 6.45) is 1.20. The highest BCUT2D eigenvalue weighted by Gasteiger charge is 2.33. The molecule has 1 atom stereocenters. The van der Waals surface area contributed by atoms with Crippen molar-refractivity contribution in [1.29, 1.82) is 0 Å². The van der Waals surface area contributed by atoms with E-state index in [0.717, 1.165) is 27.8 Å². The first-order chi connectivity index (χ1) is 18.0. The standard InChI is InChI=1S/C29H34FN3O4S/c1-22(2)19-31-29(35)27(17-23-11-6-4-7-12-23)32(20-24-13-8-5-9-14-24)28(34)21-33(38(3,36)37)26-16-10-15-25(30)18-26/h4-16,18,22,27H,17,19-21H2,1-3H3,(H,31,35)/t27-/m1/s1. The van der Waals surface area contributed by atoms with Crippen LogP contribution in [0.15, 0.2) is 84.9 Å². The predicted molar refractivity (Wildman–Crippen MR) is 147 cm³/mol. The van der Waals surface area contributed by atoms with Crippen LogP contribution in [0.2, 0.25) is 0 Å². The third kappa shape index (κ3) is 8.41. The number of hydrogen-bond acceptors (Lipinski definition) is 4. The minimum absolute atomic E-state index is 0.0318. The molecule has 3 aromatic rings. The molecule has 0 aliphatic rings. The van der Waals surface area contributed by atoms with Gasteiger partial charge in [0.05, 0.1) is 11.9 Å². The Bertz CT molecular complexity index is 1320. The summed E-state index contributed by atoms with van der Waals surface area (Å²) < 4.78 is 40.2. The molecule has 0 saturated carbocycles. The molecule has 3 rings (SSSR count). The number of rotatable bonds is 12. The van der Waals surface area contributed by atoms with Crippen LogP contribution < -0.4 is 9.62 Å². The van der Waals surface area contributed by atoms with E-state index in [1.165, 1.54) is 23.1 Å². The third-order valence-electron chi connectivity index (χ3n) is 5.93. The summed E-state index contributed by atoms with van der Waals surface area (Å²) in [5.41, 5.74) is 1.67. The molecule has 3 aromatic carbocycles. The van der Waals surface area contributed by atoms with E-state index >= 15 is 0 Å². The summed E-state index contributed by atoms with van der Waals surface area (Å²) in [5.74, 6) is -1.34. The van der Waals surface area contributed by atoms with Crippen molar-refractivity contribution >= 4 is 27.5 Å². The summed E-state index contributed by atoms with van der Waals surface area (Å²) in [7, 11) is -3.94. The fourth-order valence-corrected chi connectivity index (χ4v) is 4.84. The number of nitrogens with one attached hydrogen (secondary N) is 1. The van der Waals surface area contributed by atoms with Crippen LogP contribution in [0.5, 0.6) is 0 Å². The Morgan fingerprint density at radius 3 is 2.05 bits per heavy atom. The fraction of sp³-hybridized carbons (Fsp3) is 0.310. The molecule has 7 nitrogen and oxygen atoms in total. The highest BCUT2D eigenvalue weighted by molar-refractivity contribution is 7.92. The molecule has 0 fully saturated rings. The van der Waals surface area contributed by atoms with Crippen molar-refractivity contribution in [2.75, 3.05) is 23.7 Å². The summed E-state index contributed by atoms with van der Waals surface area (Å²) in [6.45, 7) is 3.88. The number of anilines is 1. The maximum absolute atomic E-state index is 14.0. The summed E-state index contributed by atoms with van der Waals surface area (Å²) in [4.78, 5) is 28.8.